The minimum absolute atomic E-state index is 0.00428. The molecular formula is C14H20FN3O2. The lowest BCUT2D eigenvalue weighted by Crippen LogP contribution is -2.40. The van der Waals surface area contributed by atoms with Gasteiger partial charge in [-0.15, -0.1) is 0 Å². The van der Waals surface area contributed by atoms with Gasteiger partial charge in [-0.25, -0.2) is 4.39 Å². The standard InChI is InChI=1S/C14H20FN3O2/c15-13-4-12(6-16-7-13)10-18-3-1-2-11(9-18)5-17-8-14(19)20/h4,6-7,11,17H,1-3,5,8-10H2,(H,19,20). The van der Waals surface area contributed by atoms with E-state index in [9.17, 15) is 9.18 Å². The first-order valence-corrected chi connectivity index (χ1v) is 6.88. The normalized spacial score (nSPS) is 19.9. The molecule has 0 bridgehead atoms. The molecular weight excluding hydrogens is 261 g/mol. The second-order valence-corrected chi connectivity index (χ2v) is 5.28. The van der Waals surface area contributed by atoms with E-state index in [-0.39, 0.29) is 12.4 Å². The van der Waals surface area contributed by atoms with Gasteiger partial charge in [-0.2, -0.15) is 0 Å². The Morgan fingerprint density at radius 2 is 2.40 bits per heavy atom. The van der Waals surface area contributed by atoms with E-state index in [4.69, 9.17) is 5.11 Å². The summed E-state index contributed by atoms with van der Waals surface area (Å²) in [5, 5.41) is 11.5. The number of nitrogens with zero attached hydrogens (tertiary/aromatic N) is 2. The summed E-state index contributed by atoms with van der Waals surface area (Å²) in [6, 6.07) is 1.51. The van der Waals surface area contributed by atoms with Gasteiger partial charge >= 0.3 is 5.97 Å². The SMILES string of the molecule is O=C(O)CNCC1CCCN(Cc2cncc(F)c2)C1. The third-order valence-corrected chi connectivity index (χ3v) is 3.48. The molecule has 5 nitrogen and oxygen atoms in total. The smallest absolute Gasteiger partial charge is 0.317 e. The molecule has 1 aromatic rings. The Morgan fingerprint density at radius 3 is 3.15 bits per heavy atom. The Balaban J connectivity index is 1.79. The Morgan fingerprint density at radius 1 is 1.55 bits per heavy atom. The molecule has 2 N–H and O–H groups in total. The van der Waals surface area contributed by atoms with Crippen LogP contribution in [0.4, 0.5) is 4.39 Å². The van der Waals surface area contributed by atoms with E-state index in [0.717, 1.165) is 31.5 Å². The number of carbonyl (C=O) groups is 1. The van der Waals surface area contributed by atoms with Crippen molar-refractivity contribution in [3.8, 4) is 0 Å². The van der Waals surface area contributed by atoms with E-state index >= 15 is 0 Å². The fraction of sp³-hybridized carbons (Fsp3) is 0.571. The van der Waals surface area contributed by atoms with Gasteiger partial charge in [0.1, 0.15) is 5.82 Å². The van der Waals surface area contributed by atoms with Gasteiger partial charge in [-0.05, 0) is 43.5 Å². The Bertz CT molecular complexity index is 456. The van der Waals surface area contributed by atoms with Gasteiger partial charge in [0.2, 0.25) is 0 Å². The molecule has 1 aliphatic heterocycles. The lowest BCUT2D eigenvalue weighted by atomic mass is 9.97. The van der Waals surface area contributed by atoms with Crippen LogP contribution in [0.5, 0.6) is 0 Å². The number of hydrogen-bond acceptors (Lipinski definition) is 4. The van der Waals surface area contributed by atoms with Gasteiger partial charge < -0.3 is 10.4 Å². The molecule has 0 aliphatic carbocycles. The molecule has 0 aromatic carbocycles. The molecule has 110 valence electrons. The monoisotopic (exact) mass is 281 g/mol. The van der Waals surface area contributed by atoms with E-state index in [2.05, 4.69) is 15.2 Å². The molecule has 6 heteroatoms. The summed E-state index contributed by atoms with van der Waals surface area (Å²) in [5.74, 6) is -0.688. The van der Waals surface area contributed by atoms with Crippen molar-refractivity contribution in [1.82, 2.24) is 15.2 Å². The number of hydrogen-bond donors (Lipinski definition) is 2. The number of carboxylic acids is 1. The van der Waals surface area contributed by atoms with Crippen molar-refractivity contribution >= 4 is 5.97 Å². The maximum absolute atomic E-state index is 13.1. The van der Waals surface area contributed by atoms with E-state index in [1.807, 2.05) is 0 Å². The van der Waals surface area contributed by atoms with Crippen LogP contribution in [0.25, 0.3) is 0 Å². The van der Waals surface area contributed by atoms with Crippen LogP contribution in [0.1, 0.15) is 18.4 Å². The molecule has 1 aromatic heterocycles. The van der Waals surface area contributed by atoms with Crippen LogP contribution in [0.3, 0.4) is 0 Å². The van der Waals surface area contributed by atoms with E-state index < -0.39 is 5.97 Å². The van der Waals surface area contributed by atoms with Crippen molar-refractivity contribution in [3.63, 3.8) is 0 Å². The predicted molar refractivity (Wildman–Crippen MR) is 72.7 cm³/mol. The minimum Gasteiger partial charge on any atom is -0.480 e. The topological polar surface area (TPSA) is 65.5 Å². The number of rotatable bonds is 6. The summed E-state index contributed by atoms with van der Waals surface area (Å²) in [7, 11) is 0. The third kappa shape index (κ3) is 4.86. The molecule has 0 spiro atoms. The van der Waals surface area contributed by atoms with E-state index in [0.29, 0.717) is 19.0 Å². The summed E-state index contributed by atoms with van der Waals surface area (Å²) < 4.78 is 13.1. The van der Waals surface area contributed by atoms with Crippen LogP contribution in [-0.2, 0) is 11.3 Å². The lowest BCUT2D eigenvalue weighted by molar-refractivity contribution is -0.136. The van der Waals surface area contributed by atoms with Gasteiger partial charge in [0.25, 0.3) is 0 Å². The molecule has 1 aliphatic rings. The Hall–Kier alpha value is -1.53. The van der Waals surface area contributed by atoms with Gasteiger partial charge in [0.05, 0.1) is 12.7 Å². The Labute approximate surface area is 117 Å². The number of halogens is 1. The second kappa shape index (κ2) is 7.31. The fourth-order valence-electron chi connectivity index (χ4n) is 2.65. The van der Waals surface area contributed by atoms with Crippen molar-refractivity contribution in [2.45, 2.75) is 19.4 Å². The van der Waals surface area contributed by atoms with Gasteiger partial charge in [-0.3, -0.25) is 14.7 Å². The largest absolute Gasteiger partial charge is 0.480 e. The number of carboxylic acid groups (broad SMARTS) is 1. The van der Waals surface area contributed by atoms with Gasteiger partial charge in [-0.1, -0.05) is 0 Å². The zero-order chi connectivity index (χ0) is 14.4. The van der Waals surface area contributed by atoms with Crippen molar-refractivity contribution in [2.75, 3.05) is 26.2 Å². The molecule has 2 heterocycles. The van der Waals surface area contributed by atoms with Crippen LogP contribution < -0.4 is 5.32 Å². The minimum atomic E-state index is -0.830. The van der Waals surface area contributed by atoms with Crippen LogP contribution in [0.2, 0.25) is 0 Å². The van der Waals surface area contributed by atoms with Crippen molar-refractivity contribution < 1.29 is 14.3 Å². The summed E-state index contributed by atoms with van der Waals surface area (Å²) in [6.45, 7) is 3.31. The summed E-state index contributed by atoms with van der Waals surface area (Å²) >= 11 is 0. The van der Waals surface area contributed by atoms with Crippen LogP contribution in [0, 0.1) is 11.7 Å². The highest BCUT2D eigenvalue weighted by Gasteiger charge is 2.20. The first-order valence-electron chi connectivity index (χ1n) is 6.88. The molecule has 0 amide bonds. The first kappa shape index (κ1) is 14.9. The highest BCUT2D eigenvalue weighted by atomic mass is 19.1. The van der Waals surface area contributed by atoms with E-state index in [1.165, 1.54) is 12.3 Å². The number of likely N-dealkylation sites (tertiary alicyclic amines) is 1. The zero-order valence-corrected chi connectivity index (χ0v) is 11.4. The molecule has 1 saturated heterocycles. The number of piperidine rings is 1. The quantitative estimate of drug-likeness (QED) is 0.817. The summed E-state index contributed by atoms with van der Waals surface area (Å²) in [4.78, 5) is 16.6. The molecule has 1 fully saturated rings. The number of nitrogens with one attached hydrogen (secondary N) is 1. The number of aromatic nitrogens is 1. The average molecular weight is 281 g/mol. The van der Waals surface area contributed by atoms with Crippen molar-refractivity contribution in [1.29, 1.82) is 0 Å². The number of aliphatic carboxylic acids is 1. The molecule has 2 rings (SSSR count). The van der Waals surface area contributed by atoms with Crippen LogP contribution >= 0.6 is 0 Å². The molecule has 1 atom stereocenters. The summed E-state index contributed by atoms with van der Waals surface area (Å²) in [5.41, 5.74) is 0.879. The maximum atomic E-state index is 13.1. The molecule has 0 radical (unpaired) electrons. The first-order chi connectivity index (χ1) is 9.63. The van der Waals surface area contributed by atoms with E-state index in [1.54, 1.807) is 6.20 Å². The van der Waals surface area contributed by atoms with Crippen molar-refractivity contribution in [3.05, 3.63) is 29.8 Å². The highest BCUT2D eigenvalue weighted by Crippen LogP contribution is 2.18. The molecule has 1 unspecified atom stereocenters. The summed E-state index contributed by atoms with van der Waals surface area (Å²) in [6.07, 6.45) is 5.08. The average Bonchev–Trinajstić information content (AvgIpc) is 2.39. The number of pyridine rings is 1. The predicted octanol–water partition coefficient (Wildman–Crippen LogP) is 1.11. The van der Waals surface area contributed by atoms with Gasteiger partial charge in [0, 0.05) is 19.3 Å². The lowest BCUT2D eigenvalue weighted by Gasteiger charge is -2.32. The zero-order valence-electron chi connectivity index (χ0n) is 11.4. The Kier molecular flexibility index (Phi) is 5.43. The maximum Gasteiger partial charge on any atom is 0.317 e. The third-order valence-electron chi connectivity index (χ3n) is 3.48. The van der Waals surface area contributed by atoms with Crippen molar-refractivity contribution in [2.24, 2.45) is 5.92 Å². The molecule has 0 saturated carbocycles. The highest BCUT2D eigenvalue weighted by molar-refractivity contribution is 5.68. The van der Waals surface area contributed by atoms with Crippen LogP contribution in [-0.4, -0.2) is 47.1 Å². The fourth-order valence-corrected chi connectivity index (χ4v) is 2.65. The second-order valence-electron chi connectivity index (χ2n) is 5.28. The van der Waals surface area contributed by atoms with Crippen LogP contribution in [0.15, 0.2) is 18.5 Å². The molecule has 20 heavy (non-hydrogen) atoms. The van der Waals surface area contributed by atoms with Gasteiger partial charge in [0.15, 0.2) is 0 Å².